The number of anilines is 1. The maximum Gasteiger partial charge on any atom is 0.330 e. The molecule has 0 aliphatic carbocycles. The molecule has 11 heteroatoms. The van der Waals surface area contributed by atoms with Crippen molar-refractivity contribution in [1.29, 1.82) is 0 Å². The zero-order chi connectivity index (χ0) is 25.6. The van der Waals surface area contributed by atoms with E-state index in [0.717, 1.165) is 4.57 Å². The van der Waals surface area contributed by atoms with Crippen LogP contribution in [0.5, 0.6) is 0 Å². The summed E-state index contributed by atoms with van der Waals surface area (Å²) < 4.78 is 9.15. The lowest BCUT2D eigenvalue weighted by Crippen LogP contribution is -2.36. The third-order valence-electron chi connectivity index (χ3n) is 5.92. The summed E-state index contributed by atoms with van der Waals surface area (Å²) in [4.78, 5) is 48.9. The normalized spacial score (nSPS) is 11.1. The van der Waals surface area contributed by atoms with Gasteiger partial charge in [0.1, 0.15) is 0 Å². The topological polar surface area (TPSA) is 134 Å². The molecule has 2 aromatic carbocycles. The van der Waals surface area contributed by atoms with E-state index in [4.69, 9.17) is 4.42 Å². The molecule has 0 radical (unpaired) electrons. The van der Waals surface area contributed by atoms with Crippen LogP contribution >= 0.6 is 0 Å². The molecule has 0 spiro atoms. The molecule has 0 aliphatic heterocycles. The van der Waals surface area contributed by atoms with E-state index in [1.54, 1.807) is 60.3 Å². The highest BCUT2D eigenvalue weighted by atomic mass is 16.6. The van der Waals surface area contributed by atoms with Crippen molar-refractivity contribution >= 4 is 28.2 Å². The first-order valence-electron chi connectivity index (χ1n) is 10.8. The van der Waals surface area contributed by atoms with Gasteiger partial charge in [0.15, 0.2) is 5.76 Å². The number of nitrogens with one attached hydrogen (secondary N) is 1. The predicted octanol–water partition coefficient (Wildman–Crippen LogP) is 3.45. The van der Waals surface area contributed by atoms with Gasteiger partial charge in [0.05, 0.1) is 27.8 Å². The van der Waals surface area contributed by atoms with Crippen molar-refractivity contribution < 1.29 is 14.1 Å². The van der Waals surface area contributed by atoms with Gasteiger partial charge in [-0.05, 0) is 36.4 Å². The summed E-state index contributed by atoms with van der Waals surface area (Å²) in [6.45, 7) is 0. The van der Waals surface area contributed by atoms with Gasteiger partial charge in [0.25, 0.3) is 17.2 Å². The maximum absolute atomic E-state index is 13.2. The van der Waals surface area contributed by atoms with Crippen LogP contribution in [0.4, 0.5) is 11.4 Å². The second-order valence-corrected chi connectivity index (χ2v) is 8.10. The molecule has 1 N–H and O–H groups in total. The number of carbonyl (C=O) groups excluding carboxylic acids is 1. The Morgan fingerprint density at radius 1 is 1.00 bits per heavy atom. The molecule has 0 bridgehead atoms. The number of nitro benzene ring substituents is 1. The fourth-order valence-electron chi connectivity index (χ4n) is 4.10. The second kappa shape index (κ2) is 8.55. The third kappa shape index (κ3) is 3.68. The highest BCUT2D eigenvalue weighted by Crippen LogP contribution is 2.33. The number of fused-ring (bicyclic) bond motifs is 1. The molecule has 5 rings (SSSR count). The summed E-state index contributed by atoms with van der Waals surface area (Å²) >= 11 is 0. The van der Waals surface area contributed by atoms with Crippen LogP contribution in [0.2, 0.25) is 0 Å². The van der Waals surface area contributed by atoms with E-state index >= 15 is 0 Å². The molecule has 0 saturated heterocycles. The van der Waals surface area contributed by atoms with Gasteiger partial charge in [-0.15, -0.1) is 0 Å². The van der Waals surface area contributed by atoms with Gasteiger partial charge in [-0.3, -0.25) is 28.8 Å². The van der Waals surface area contributed by atoms with Crippen LogP contribution in [0.1, 0.15) is 10.6 Å². The van der Waals surface area contributed by atoms with Crippen molar-refractivity contribution in [2.24, 2.45) is 14.1 Å². The van der Waals surface area contributed by atoms with E-state index in [1.807, 2.05) is 0 Å². The summed E-state index contributed by atoms with van der Waals surface area (Å²) in [5.74, 6) is -0.240. The fourth-order valence-corrected chi connectivity index (χ4v) is 4.10. The smallest absolute Gasteiger partial charge is 0.330 e. The molecule has 36 heavy (non-hydrogen) atoms. The van der Waals surface area contributed by atoms with Crippen LogP contribution in [0.3, 0.4) is 0 Å². The maximum atomic E-state index is 13.2. The van der Waals surface area contributed by atoms with Crippen LogP contribution in [-0.2, 0) is 14.1 Å². The van der Waals surface area contributed by atoms with Gasteiger partial charge in [-0.25, -0.2) is 4.79 Å². The first-order chi connectivity index (χ1) is 17.3. The van der Waals surface area contributed by atoms with Crippen LogP contribution < -0.4 is 16.6 Å². The lowest BCUT2D eigenvalue weighted by Gasteiger charge is -2.11. The molecule has 0 fully saturated rings. The Hall–Kier alpha value is -5.19. The molecular weight excluding hydrogens is 466 g/mol. The van der Waals surface area contributed by atoms with Crippen LogP contribution in [0, 0.1) is 10.1 Å². The first-order valence-corrected chi connectivity index (χ1v) is 10.8. The van der Waals surface area contributed by atoms with Gasteiger partial charge in [0.2, 0.25) is 0 Å². The molecule has 3 heterocycles. The van der Waals surface area contributed by atoms with Gasteiger partial charge in [0, 0.05) is 49.4 Å². The molecule has 180 valence electrons. The highest BCUT2D eigenvalue weighted by molar-refractivity contribution is 6.02. The first kappa shape index (κ1) is 22.6. The van der Waals surface area contributed by atoms with Gasteiger partial charge >= 0.3 is 5.69 Å². The summed E-state index contributed by atoms with van der Waals surface area (Å²) in [5.41, 5.74) is 1.19. The lowest BCUT2D eigenvalue weighted by molar-refractivity contribution is -0.384. The van der Waals surface area contributed by atoms with Crippen molar-refractivity contribution in [1.82, 2.24) is 13.7 Å². The molecule has 0 atom stereocenters. The standard InChI is InChI=1S/C25H19N5O6/c1-27-19-14-29(17-10-8-16(9-11-17)26-23(31)20-7-4-12-36-20)22(21(19)24(32)28(2)25(27)33)15-5-3-6-18(13-15)30(34)35/h3-14H,1-2H3,(H,26,31). The Morgan fingerprint density at radius 3 is 2.42 bits per heavy atom. The molecule has 5 aromatic rings. The van der Waals surface area contributed by atoms with Crippen LogP contribution in [0.15, 0.2) is 87.1 Å². The fraction of sp³-hybridized carbons (Fsp3) is 0.0800. The summed E-state index contributed by atoms with van der Waals surface area (Å²) in [7, 11) is 2.94. The van der Waals surface area contributed by atoms with Gasteiger partial charge in [-0.1, -0.05) is 12.1 Å². The van der Waals surface area contributed by atoms with E-state index in [2.05, 4.69) is 5.32 Å². The summed E-state index contributed by atoms with van der Waals surface area (Å²) in [6.07, 6.45) is 3.05. The van der Waals surface area contributed by atoms with Crippen molar-refractivity contribution in [3.05, 3.63) is 110 Å². The van der Waals surface area contributed by atoms with Crippen molar-refractivity contribution in [2.75, 3.05) is 5.32 Å². The van der Waals surface area contributed by atoms with Crippen molar-refractivity contribution in [3.8, 4) is 16.9 Å². The Kier molecular flexibility index (Phi) is 5.36. The third-order valence-corrected chi connectivity index (χ3v) is 5.92. The monoisotopic (exact) mass is 485 g/mol. The zero-order valence-electron chi connectivity index (χ0n) is 19.2. The van der Waals surface area contributed by atoms with Crippen molar-refractivity contribution in [3.63, 3.8) is 0 Å². The van der Waals surface area contributed by atoms with E-state index < -0.39 is 22.1 Å². The van der Waals surface area contributed by atoms with Crippen LogP contribution in [-0.4, -0.2) is 24.5 Å². The molecule has 11 nitrogen and oxygen atoms in total. The minimum Gasteiger partial charge on any atom is -0.459 e. The van der Waals surface area contributed by atoms with E-state index in [-0.39, 0.29) is 16.8 Å². The number of non-ortho nitro benzene ring substituents is 1. The number of benzene rings is 2. The average molecular weight is 485 g/mol. The quantitative estimate of drug-likeness (QED) is 0.299. The number of hydrogen-bond donors (Lipinski definition) is 1. The molecule has 0 aliphatic rings. The minimum atomic E-state index is -0.518. The number of aryl methyl sites for hydroxylation is 1. The summed E-state index contributed by atoms with van der Waals surface area (Å²) in [5, 5.41) is 14.4. The van der Waals surface area contributed by atoms with E-state index in [0.29, 0.717) is 28.1 Å². The zero-order valence-corrected chi connectivity index (χ0v) is 19.2. The molecule has 0 saturated carbocycles. The molecule has 1 amide bonds. The number of furan rings is 1. The molecular formula is C25H19N5O6. The number of aromatic nitrogens is 3. The number of amides is 1. The number of nitro groups is 1. The number of rotatable bonds is 5. The Bertz CT molecular complexity index is 1760. The Labute approximate surface area is 202 Å². The Balaban J connectivity index is 1.69. The number of nitrogens with zero attached hydrogens (tertiary/aromatic N) is 4. The second-order valence-electron chi connectivity index (χ2n) is 8.10. The Morgan fingerprint density at radius 2 is 1.75 bits per heavy atom. The van der Waals surface area contributed by atoms with E-state index in [1.165, 1.54) is 36.1 Å². The molecule has 0 unspecified atom stereocenters. The van der Waals surface area contributed by atoms with E-state index in [9.17, 15) is 24.5 Å². The summed E-state index contributed by atoms with van der Waals surface area (Å²) in [6, 6.07) is 15.9. The average Bonchev–Trinajstić information content (AvgIpc) is 3.56. The van der Waals surface area contributed by atoms with Gasteiger partial charge < -0.3 is 14.3 Å². The van der Waals surface area contributed by atoms with Gasteiger partial charge in [-0.2, -0.15) is 0 Å². The van der Waals surface area contributed by atoms with Crippen molar-refractivity contribution in [2.45, 2.75) is 0 Å². The largest absolute Gasteiger partial charge is 0.459 e. The minimum absolute atomic E-state index is 0.133. The molecule has 3 aromatic heterocycles. The number of carbonyl (C=O) groups is 1. The SMILES string of the molecule is Cn1c(=O)c2c(-c3cccc([N+](=O)[O-])c3)n(-c3ccc(NC(=O)c4ccco4)cc3)cc2n(C)c1=O. The lowest BCUT2D eigenvalue weighted by atomic mass is 10.1. The highest BCUT2D eigenvalue weighted by Gasteiger charge is 2.21. The van der Waals surface area contributed by atoms with Crippen LogP contribution in [0.25, 0.3) is 27.8 Å². The predicted molar refractivity (Wildman–Crippen MR) is 133 cm³/mol. The number of hydrogen-bond acceptors (Lipinski definition) is 6.